The summed E-state index contributed by atoms with van der Waals surface area (Å²) >= 11 is 0. The molecule has 0 unspecified atom stereocenters. The van der Waals surface area contributed by atoms with Crippen molar-refractivity contribution in [2.75, 3.05) is 4.90 Å². The van der Waals surface area contributed by atoms with Crippen molar-refractivity contribution >= 4 is 22.6 Å². The summed E-state index contributed by atoms with van der Waals surface area (Å²) in [4.78, 5) is 20.1. The summed E-state index contributed by atoms with van der Waals surface area (Å²) in [5.74, 6) is 1.87. The Morgan fingerprint density at radius 3 is 2.59 bits per heavy atom. The number of carbonyl (C=O) groups excluding carboxylic acids is 1. The van der Waals surface area contributed by atoms with Gasteiger partial charge in [-0.1, -0.05) is 44.2 Å². The molecule has 1 amide bonds. The van der Waals surface area contributed by atoms with E-state index in [0.717, 1.165) is 48.4 Å². The maximum atomic E-state index is 13.2. The van der Waals surface area contributed by atoms with E-state index in [1.807, 2.05) is 23.1 Å². The second-order valence-electron chi connectivity index (χ2n) is 8.34. The van der Waals surface area contributed by atoms with Crippen molar-refractivity contribution < 1.29 is 4.79 Å². The van der Waals surface area contributed by atoms with Gasteiger partial charge in [0.2, 0.25) is 5.91 Å². The van der Waals surface area contributed by atoms with Crippen LogP contribution in [-0.2, 0) is 23.3 Å². The molecule has 0 saturated heterocycles. The second kappa shape index (κ2) is 5.95. The van der Waals surface area contributed by atoms with Gasteiger partial charge in [0.1, 0.15) is 5.82 Å². The molecule has 2 heterocycles. The zero-order valence-corrected chi connectivity index (χ0v) is 16.0. The van der Waals surface area contributed by atoms with E-state index in [0.29, 0.717) is 12.5 Å². The maximum Gasteiger partial charge on any atom is 0.238 e. The van der Waals surface area contributed by atoms with Crippen LogP contribution in [0.1, 0.15) is 44.5 Å². The minimum Gasteiger partial charge on any atom is -0.326 e. The fraction of sp³-hybridized carbons (Fsp3) is 0.391. The summed E-state index contributed by atoms with van der Waals surface area (Å²) in [6.45, 7) is 5.97. The highest BCUT2D eigenvalue weighted by atomic mass is 16.2. The van der Waals surface area contributed by atoms with Crippen LogP contribution in [0, 0.1) is 5.92 Å². The highest BCUT2D eigenvalue weighted by Crippen LogP contribution is 2.57. The Morgan fingerprint density at radius 1 is 1.07 bits per heavy atom. The number of anilines is 1. The molecule has 0 N–H and O–H groups in total. The van der Waals surface area contributed by atoms with Crippen molar-refractivity contribution in [1.29, 1.82) is 0 Å². The Balaban J connectivity index is 1.55. The van der Waals surface area contributed by atoms with E-state index in [4.69, 9.17) is 4.98 Å². The first kappa shape index (κ1) is 16.5. The summed E-state index contributed by atoms with van der Waals surface area (Å²) in [6, 6.07) is 16.6. The van der Waals surface area contributed by atoms with E-state index < -0.39 is 0 Å². The molecule has 138 valence electrons. The fourth-order valence-corrected chi connectivity index (χ4v) is 4.39. The van der Waals surface area contributed by atoms with E-state index >= 15 is 0 Å². The number of hydrogen-bond acceptors (Lipinski definition) is 2. The van der Waals surface area contributed by atoms with Crippen LogP contribution in [0.5, 0.6) is 0 Å². The second-order valence-corrected chi connectivity index (χ2v) is 8.34. The number of benzene rings is 2. The molecule has 1 aromatic heterocycles. The van der Waals surface area contributed by atoms with Crippen LogP contribution >= 0.6 is 0 Å². The Morgan fingerprint density at radius 2 is 1.81 bits per heavy atom. The quantitative estimate of drug-likeness (QED) is 0.664. The normalized spacial score (nSPS) is 17.3. The van der Waals surface area contributed by atoms with Gasteiger partial charge in [0.15, 0.2) is 0 Å². The average molecular weight is 359 g/mol. The summed E-state index contributed by atoms with van der Waals surface area (Å²) in [7, 11) is 0. The zero-order chi connectivity index (χ0) is 18.6. The van der Waals surface area contributed by atoms with Gasteiger partial charge in [0.05, 0.1) is 23.0 Å². The molecule has 1 spiro atoms. The molecule has 1 aliphatic carbocycles. The first-order valence-electron chi connectivity index (χ1n) is 9.96. The zero-order valence-electron chi connectivity index (χ0n) is 16.0. The van der Waals surface area contributed by atoms with E-state index in [1.165, 1.54) is 5.56 Å². The van der Waals surface area contributed by atoms with Crippen LogP contribution in [-0.4, -0.2) is 15.5 Å². The minimum atomic E-state index is -0.245. The summed E-state index contributed by atoms with van der Waals surface area (Å²) in [5.41, 5.74) is 4.21. The van der Waals surface area contributed by atoms with Gasteiger partial charge in [-0.05, 0) is 48.9 Å². The van der Waals surface area contributed by atoms with Gasteiger partial charge in [-0.25, -0.2) is 4.98 Å². The Bertz CT molecular complexity index is 1030. The molecule has 0 radical (unpaired) electrons. The average Bonchev–Trinajstić information content (AvgIpc) is 3.35. The number of para-hydroxylation sites is 3. The van der Waals surface area contributed by atoms with Crippen LogP contribution in [0.15, 0.2) is 48.5 Å². The van der Waals surface area contributed by atoms with Gasteiger partial charge in [0.25, 0.3) is 0 Å². The lowest BCUT2D eigenvalue weighted by atomic mass is 9.98. The number of rotatable bonds is 5. The van der Waals surface area contributed by atoms with Crippen LogP contribution in [0.25, 0.3) is 11.0 Å². The summed E-state index contributed by atoms with van der Waals surface area (Å²) < 4.78 is 2.31. The lowest BCUT2D eigenvalue weighted by Crippen LogP contribution is -2.32. The number of aromatic nitrogens is 2. The van der Waals surface area contributed by atoms with Gasteiger partial charge in [0, 0.05) is 12.2 Å². The molecule has 5 rings (SSSR count). The lowest BCUT2D eigenvalue weighted by molar-refractivity contribution is -0.120. The van der Waals surface area contributed by atoms with Gasteiger partial charge in [-0.15, -0.1) is 0 Å². The maximum absolute atomic E-state index is 13.2. The Hall–Kier alpha value is -2.62. The van der Waals surface area contributed by atoms with E-state index in [1.54, 1.807) is 0 Å². The molecule has 3 aromatic rings. The third kappa shape index (κ3) is 2.50. The van der Waals surface area contributed by atoms with Crippen LogP contribution in [0.3, 0.4) is 0 Å². The summed E-state index contributed by atoms with van der Waals surface area (Å²) in [6.07, 6.45) is 3.05. The van der Waals surface area contributed by atoms with Crippen molar-refractivity contribution in [2.45, 2.75) is 51.6 Å². The topological polar surface area (TPSA) is 38.1 Å². The molecule has 1 fully saturated rings. The first-order chi connectivity index (χ1) is 13.1. The van der Waals surface area contributed by atoms with Crippen LogP contribution in [0.2, 0.25) is 0 Å². The molecule has 2 aromatic carbocycles. The van der Waals surface area contributed by atoms with Crippen LogP contribution in [0.4, 0.5) is 5.69 Å². The molecule has 0 atom stereocenters. The molecule has 27 heavy (non-hydrogen) atoms. The number of carbonyl (C=O) groups is 1. The third-order valence-electron chi connectivity index (χ3n) is 6.08. The Kier molecular flexibility index (Phi) is 3.64. The van der Waals surface area contributed by atoms with Crippen LogP contribution < -0.4 is 4.90 Å². The first-order valence-corrected chi connectivity index (χ1v) is 9.96. The number of imidazole rings is 1. The van der Waals surface area contributed by atoms with Crippen molar-refractivity contribution in [2.24, 2.45) is 5.92 Å². The van der Waals surface area contributed by atoms with E-state index in [9.17, 15) is 4.79 Å². The molecular weight excluding hydrogens is 334 g/mol. The molecule has 2 aliphatic rings. The summed E-state index contributed by atoms with van der Waals surface area (Å²) in [5, 5.41) is 0. The molecule has 1 aliphatic heterocycles. The number of nitrogens with zero attached hydrogens (tertiary/aromatic N) is 3. The largest absolute Gasteiger partial charge is 0.326 e. The van der Waals surface area contributed by atoms with Gasteiger partial charge < -0.3 is 9.47 Å². The molecule has 4 heteroatoms. The van der Waals surface area contributed by atoms with Gasteiger partial charge >= 0.3 is 0 Å². The third-order valence-corrected chi connectivity index (χ3v) is 6.08. The lowest BCUT2D eigenvalue weighted by Gasteiger charge is -2.19. The standard InChI is InChI=1S/C23H25N3O/c1-16(2)11-14-25-20-10-6-4-8-18(20)24-21(25)15-26-19-9-5-3-7-17(19)23(12-13-23)22(26)27/h3-10,16H,11-15H2,1-2H3. The van der Waals surface area contributed by atoms with Crippen molar-refractivity contribution in [3.63, 3.8) is 0 Å². The number of hydrogen-bond donors (Lipinski definition) is 0. The molecule has 0 bridgehead atoms. The minimum absolute atomic E-state index is 0.245. The Labute approximate surface area is 159 Å². The number of amides is 1. The van der Waals surface area contributed by atoms with Gasteiger partial charge in [-0.2, -0.15) is 0 Å². The van der Waals surface area contributed by atoms with E-state index in [-0.39, 0.29) is 11.3 Å². The van der Waals surface area contributed by atoms with Crippen molar-refractivity contribution in [3.05, 3.63) is 59.9 Å². The predicted octanol–water partition coefficient (Wildman–Crippen LogP) is 4.66. The smallest absolute Gasteiger partial charge is 0.238 e. The fourth-order valence-electron chi connectivity index (χ4n) is 4.39. The number of aryl methyl sites for hydroxylation is 1. The number of fused-ring (bicyclic) bond motifs is 3. The highest BCUT2D eigenvalue weighted by Gasteiger charge is 2.59. The monoisotopic (exact) mass is 359 g/mol. The highest BCUT2D eigenvalue weighted by molar-refractivity contribution is 6.10. The molecule has 1 saturated carbocycles. The van der Waals surface area contributed by atoms with Crippen molar-refractivity contribution in [3.8, 4) is 0 Å². The molecule has 4 nitrogen and oxygen atoms in total. The van der Waals surface area contributed by atoms with Gasteiger partial charge in [-0.3, -0.25) is 4.79 Å². The SMILES string of the molecule is CC(C)CCn1c(CN2C(=O)C3(CC3)c3ccccc32)nc2ccccc21. The van der Waals surface area contributed by atoms with E-state index in [2.05, 4.69) is 48.7 Å². The predicted molar refractivity (Wildman–Crippen MR) is 108 cm³/mol. The van der Waals surface area contributed by atoms with Crippen molar-refractivity contribution in [1.82, 2.24) is 9.55 Å². The molecular formula is C23H25N3O.